The molecule has 3 aromatic rings. The molecule has 2 heterocycles. The first-order valence-electron chi connectivity index (χ1n) is 10.1. The lowest BCUT2D eigenvalue weighted by Gasteiger charge is -2.17. The van der Waals surface area contributed by atoms with Crippen LogP contribution in [0.2, 0.25) is 0 Å². The molecule has 1 aromatic heterocycles. The molecule has 1 saturated carbocycles. The van der Waals surface area contributed by atoms with Gasteiger partial charge in [-0.3, -0.25) is 4.90 Å². The maximum Gasteiger partial charge on any atom is 0.135 e. The van der Waals surface area contributed by atoms with E-state index in [4.69, 9.17) is 0 Å². The van der Waals surface area contributed by atoms with Crippen LogP contribution in [-0.2, 0) is 12.3 Å². The predicted octanol–water partition coefficient (Wildman–Crippen LogP) is 6.33. The third-order valence-corrected chi connectivity index (χ3v) is 7.53. The molecule has 3 nitrogen and oxygen atoms in total. The summed E-state index contributed by atoms with van der Waals surface area (Å²) in [6.07, 6.45) is 5.04. The number of hydrogen-bond donors (Lipinski definition) is 1. The van der Waals surface area contributed by atoms with Gasteiger partial charge in [0.25, 0.3) is 0 Å². The lowest BCUT2D eigenvalue weighted by Crippen LogP contribution is -2.18. The number of aromatic hydroxyl groups is 1. The van der Waals surface area contributed by atoms with Crippen molar-refractivity contribution in [1.29, 1.82) is 0 Å². The molecule has 0 spiro atoms. The Bertz CT molecular complexity index is 991. The third-order valence-electron chi connectivity index (χ3n) is 5.88. The van der Waals surface area contributed by atoms with E-state index < -0.39 is 0 Å². The van der Waals surface area contributed by atoms with Crippen molar-refractivity contribution in [3.63, 3.8) is 0 Å². The molecule has 1 aliphatic heterocycles. The molecule has 2 aliphatic rings. The van der Waals surface area contributed by atoms with Gasteiger partial charge < -0.3 is 9.67 Å². The SMILES string of the molecule is Oc1c(Br)cc2c(cc(CSc3ccccc3)n2C2CC2)c1CN1CCCC1. The Morgan fingerprint density at radius 3 is 2.54 bits per heavy atom. The van der Waals surface area contributed by atoms with Crippen molar-refractivity contribution in [3.05, 3.63) is 58.2 Å². The van der Waals surface area contributed by atoms with E-state index in [0.29, 0.717) is 11.8 Å². The Morgan fingerprint density at radius 2 is 1.82 bits per heavy atom. The van der Waals surface area contributed by atoms with Gasteiger partial charge in [-0.25, -0.2) is 0 Å². The highest BCUT2D eigenvalue weighted by Gasteiger charge is 2.29. The zero-order valence-electron chi connectivity index (χ0n) is 15.9. The van der Waals surface area contributed by atoms with Gasteiger partial charge in [-0.05, 0) is 79.0 Å². The molecule has 0 atom stereocenters. The van der Waals surface area contributed by atoms with Crippen LogP contribution in [0.3, 0.4) is 0 Å². The summed E-state index contributed by atoms with van der Waals surface area (Å²) in [5.74, 6) is 1.37. The highest BCUT2D eigenvalue weighted by molar-refractivity contribution is 9.10. The molecule has 2 fully saturated rings. The highest BCUT2D eigenvalue weighted by Crippen LogP contribution is 2.45. The molecule has 28 heavy (non-hydrogen) atoms. The number of fused-ring (bicyclic) bond motifs is 1. The molecule has 0 amide bonds. The van der Waals surface area contributed by atoms with Crippen LogP contribution in [0, 0.1) is 0 Å². The van der Waals surface area contributed by atoms with Crippen molar-refractivity contribution in [3.8, 4) is 5.75 Å². The first-order valence-corrected chi connectivity index (χ1v) is 11.9. The van der Waals surface area contributed by atoms with Crippen LogP contribution in [0.1, 0.15) is 43.0 Å². The van der Waals surface area contributed by atoms with Crippen LogP contribution in [0.15, 0.2) is 51.8 Å². The lowest BCUT2D eigenvalue weighted by molar-refractivity contribution is 0.325. The number of hydrogen-bond acceptors (Lipinski definition) is 3. The van der Waals surface area contributed by atoms with E-state index in [1.165, 1.54) is 47.2 Å². The monoisotopic (exact) mass is 456 g/mol. The number of phenols is 1. The summed E-state index contributed by atoms with van der Waals surface area (Å²) in [4.78, 5) is 3.77. The lowest BCUT2D eigenvalue weighted by atomic mass is 10.1. The molecule has 0 unspecified atom stereocenters. The number of benzene rings is 2. The van der Waals surface area contributed by atoms with Crippen molar-refractivity contribution >= 4 is 38.6 Å². The molecule has 5 rings (SSSR count). The quantitative estimate of drug-likeness (QED) is 0.439. The predicted molar refractivity (Wildman–Crippen MR) is 120 cm³/mol. The topological polar surface area (TPSA) is 28.4 Å². The van der Waals surface area contributed by atoms with Crippen LogP contribution in [0.25, 0.3) is 10.9 Å². The van der Waals surface area contributed by atoms with Gasteiger partial charge in [-0.15, -0.1) is 11.8 Å². The summed E-state index contributed by atoms with van der Waals surface area (Å²) in [5.41, 5.74) is 3.72. The third kappa shape index (κ3) is 3.60. The van der Waals surface area contributed by atoms with E-state index in [1.54, 1.807) is 0 Å². The molecule has 1 saturated heterocycles. The molecule has 1 aliphatic carbocycles. The molecule has 0 radical (unpaired) electrons. The Hall–Kier alpha value is -1.43. The average Bonchev–Trinajstić information content (AvgIpc) is 3.28. The zero-order valence-corrected chi connectivity index (χ0v) is 18.3. The van der Waals surface area contributed by atoms with E-state index in [0.717, 1.165) is 35.4 Å². The molecular weight excluding hydrogens is 432 g/mol. The van der Waals surface area contributed by atoms with Crippen molar-refractivity contribution < 1.29 is 5.11 Å². The van der Waals surface area contributed by atoms with Crippen LogP contribution in [-0.4, -0.2) is 27.7 Å². The normalized spacial score (nSPS) is 17.6. The second-order valence-electron chi connectivity index (χ2n) is 7.94. The average molecular weight is 457 g/mol. The number of aromatic nitrogens is 1. The number of phenolic OH excluding ortho intramolecular Hbond substituents is 1. The van der Waals surface area contributed by atoms with Crippen LogP contribution in [0.5, 0.6) is 5.75 Å². The maximum absolute atomic E-state index is 10.8. The summed E-state index contributed by atoms with van der Waals surface area (Å²) >= 11 is 5.51. The smallest absolute Gasteiger partial charge is 0.135 e. The van der Waals surface area contributed by atoms with Gasteiger partial charge in [0.05, 0.1) is 9.99 Å². The summed E-state index contributed by atoms with van der Waals surface area (Å²) in [6, 6.07) is 15.7. The number of likely N-dealkylation sites (tertiary alicyclic amines) is 1. The fourth-order valence-corrected chi connectivity index (χ4v) is 5.66. The summed E-state index contributed by atoms with van der Waals surface area (Å²) < 4.78 is 3.35. The second kappa shape index (κ2) is 7.77. The van der Waals surface area contributed by atoms with E-state index >= 15 is 0 Å². The number of halogens is 1. The Morgan fingerprint density at radius 1 is 1.07 bits per heavy atom. The van der Waals surface area contributed by atoms with E-state index in [1.807, 2.05) is 11.8 Å². The fourth-order valence-electron chi connectivity index (χ4n) is 4.32. The first-order chi connectivity index (χ1) is 13.7. The summed E-state index contributed by atoms with van der Waals surface area (Å²) in [5, 5.41) is 12.1. The van der Waals surface area contributed by atoms with Crippen molar-refractivity contribution in [1.82, 2.24) is 9.47 Å². The number of rotatable bonds is 6. The molecule has 5 heteroatoms. The van der Waals surface area contributed by atoms with Gasteiger partial charge in [0.2, 0.25) is 0 Å². The Balaban J connectivity index is 1.55. The number of thioether (sulfide) groups is 1. The largest absolute Gasteiger partial charge is 0.506 e. The molecule has 1 N–H and O–H groups in total. The minimum Gasteiger partial charge on any atom is -0.506 e. The minimum absolute atomic E-state index is 0.412. The second-order valence-corrected chi connectivity index (χ2v) is 9.84. The Labute approximate surface area is 178 Å². The molecular formula is C23H25BrN2OS. The van der Waals surface area contributed by atoms with Crippen LogP contribution in [0.4, 0.5) is 0 Å². The van der Waals surface area contributed by atoms with Crippen molar-refractivity contribution in [2.24, 2.45) is 0 Å². The van der Waals surface area contributed by atoms with E-state index in [-0.39, 0.29) is 0 Å². The zero-order chi connectivity index (χ0) is 19.1. The highest BCUT2D eigenvalue weighted by atomic mass is 79.9. The van der Waals surface area contributed by atoms with Gasteiger partial charge in [0.15, 0.2) is 0 Å². The van der Waals surface area contributed by atoms with Gasteiger partial charge in [-0.2, -0.15) is 0 Å². The standard InChI is InChI=1S/C23H25BrN2OS/c24-21-13-22-19(20(23(21)27)14-25-10-4-5-11-25)12-17(26(22)16-8-9-16)15-28-18-6-2-1-3-7-18/h1-3,6-7,12-13,16,27H,4-5,8-11,14-15H2. The maximum atomic E-state index is 10.8. The summed E-state index contributed by atoms with van der Waals surface area (Å²) in [7, 11) is 0. The molecule has 2 aromatic carbocycles. The van der Waals surface area contributed by atoms with E-state index in [2.05, 4.69) is 67.9 Å². The van der Waals surface area contributed by atoms with Crippen molar-refractivity contribution in [2.45, 2.75) is 48.9 Å². The van der Waals surface area contributed by atoms with Gasteiger partial charge in [0.1, 0.15) is 5.75 Å². The molecule has 0 bridgehead atoms. The van der Waals surface area contributed by atoms with Crippen molar-refractivity contribution in [2.75, 3.05) is 13.1 Å². The van der Waals surface area contributed by atoms with E-state index in [9.17, 15) is 5.11 Å². The minimum atomic E-state index is 0.412. The van der Waals surface area contributed by atoms with Crippen LogP contribution >= 0.6 is 27.7 Å². The van der Waals surface area contributed by atoms with Crippen LogP contribution < -0.4 is 0 Å². The van der Waals surface area contributed by atoms with Gasteiger partial charge in [0, 0.05) is 39.9 Å². The fraction of sp³-hybridized carbons (Fsp3) is 0.391. The summed E-state index contributed by atoms with van der Waals surface area (Å²) in [6.45, 7) is 3.10. The Kier molecular flexibility index (Phi) is 5.16. The number of nitrogens with zero attached hydrogens (tertiary/aromatic N) is 2. The first kappa shape index (κ1) is 18.6. The van der Waals surface area contributed by atoms with Gasteiger partial charge >= 0.3 is 0 Å². The van der Waals surface area contributed by atoms with Gasteiger partial charge in [-0.1, -0.05) is 18.2 Å². The molecule has 146 valence electrons.